The normalized spacial score (nSPS) is 15.8. The van der Waals surface area contributed by atoms with Gasteiger partial charge in [0.1, 0.15) is 0 Å². The van der Waals surface area contributed by atoms with Crippen LogP contribution in [0.1, 0.15) is 11.3 Å². The van der Waals surface area contributed by atoms with E-state index in [-0.39, 0.29) is 0 Å². The Morgan fingerprint density at radius 1 is 1.03 bits per heavy atom. The smallest absolute Gasteiger partial charge is 0.313 e. The van der Waals surface area contributed by atoms with Gasteiger partial charge in [0.2, 0.25) is 5.78 Å². The number of piperazine rings is 1. The SMILES string of the molecule is Cc1cn2c3c(=O)[nH]c(=O)n(C)c3nc2n1CCN1CCN(Cc2c(Cl)cccc2Cl)CC1. The fourth-order valence-corrected chi connectivity index (χ4v) is 5.03. The van der Waals surface area contributed by atoms with E-state index < -0.39 is 11.2 Å². The molecular weight excluding hydrogens is 465 g/mol. The number of nitrogens with one attached hydrogen (secondary N) is 1. The van der Waals surface area contributed by atoms with Gasteiger partial charge in [-0.1, -0.05) is 29.3 Å². The molecule has 0 amide bonds. The molecule has 11 heteroatoms. The number of benzene rings is 1. The molecule has 4 heterocycles. The number of aromatic amines is 1. The molecule has 1 N–H and O–H groups in total. The molecule has 33 heavy (non-hydrogen) atoms. The zero-order valence-electron chi connectivity index (χ0n) is 18.5. The van der Waals surface area contributed by atoms with Gasteiger partial charge < -0.3 is 4.57 Å². The lowest BCUT2D eigenvalue weighted by Crippen LogP contribution is -2.46. The van der Waals surface area contributed by atoms with Crippen molar-refractivity contribution in [3.05, 3.63) is 66.5 Å². The van der Waals surface area contributed by atoms with Gasteiger partial charge in [0.25, 0.3) is 5.56 Å². The number of fused-ring (bicyclic) bond motifs is 3. The quantitative estimate of drug-likeness (QED) is 0.464. The Kier molecular flexibility index (Phi) is 5.82. The Balaban J connectivity index is 1.28. The van der Waals surface area contributed by atoms with Crippen molar-refractivity contribution < 1.29 is 0 Å². The topological polar surface area (TPSA) is 83.6 Å². The van der Waals surface area contributed by atoms with Crippen LogP contribution in [0.25, 0.3) is 16.9 Å². The van der Waals surface area contributed by atoms with Crippen molar-refractivity contribution in [3.8, 4) is 0 Å². The number of hydrogen-bond donors (Lipinski definition) is 1. The Bertz CT molecular complexity index is 1440. The highest BCUT2D eigenvalue weighted by molar-refractivity contribution is 6.35. The second-order valence-electron chi connectivity index (χ2n) is 8.51. The standard InChI is InChI=1S/C22H25Cl2N7O2/c1-14-12-31-18-19(27(2)22(33)26-20(18)32)25-21(31)30(14)11-10-28-6-8-29(9-7-28)13-15-16(23)4-3-5-17(15)24/h3-5,12H,6-11,13H2,1-2H3,(H,26,32,33). The van der Waals surface area contributed by atoms with Crippen LogP contribution in [0.2, 0.25) is 10.0 Å². The summed E-state index contributed by atoms with van der Waals surface area (Å²) in [4.78, 5) is 36.1. The van der Waals surface area contributed by atoms with Gasteiger partial charge in [-0.25, -0.2) is 4.79 Å². The third-order valence-corrected chi connectivity index (χ3v) is 7.17. The summed E-state index contributed by atoms with van der Waals surface area (Å²) in [6.45, 7) is 8.13. The van der Waals surface area contributed by atoms with Gasteiger partial charge in [-0.3, -0.25) is 28.5 Å². The predicted molar refractivity (Wildman–Crippen MR) is 129 cm³/mol. The van der Waals surface area contributed by atoms with E-state index in [0.717, 1.165) is 57.1 Å². The van der Waals surface area contributed by atoms with E-state index in [4.69, 9.17) is 23.2 Å². The summed E-state index contributed by atoms with van der Waals surface area (Å²) in [7, 11) is 1.61. The van der Waals surface area contributed by atoms with Gasteiger partial charge in [-0.15, -0.1) is 0 Å². The lowest BCUT2D eigenvalue weighted by atomic mass is 10.2. The third kappa shape index (κ3) is 3.99. The second-order valence-corrected chi connectivity index (χ2v) is 9.33. The van der Waals surface area contributed by atoms with Crippen LogP contribution in [0, 0.1) is 6.92 Å². The van der Waals surface area contributed by atoms with Crippen LogP contribution in [-0.4, -0.2) is 66.0 Å². The molecule has 1 aromatic carbocycles. The average Bonchev–Trinajstić information content (AvgIpc) is 3.29. The molecule has 1 aliphatic heterocycles. The van der Waals surface area contributed by atoms with Crippen molar-refractivity contribution in [3.63, 3.8) is 0 Å². The molecule has 1 saturated heterocycles. The van der Waals surface area contributed by atoms with Crippen molar-refractivity contribution in [2.75, 3.05) is 32.7 Å². The molecule has 0 bridgehead atoms. The summed E-state index contributed by atoms with van der Waals surface area (Å²) in [5.41, 5.74) is 1.88. The molecule has 9 nitrogen and oxygen atoms in total. The van der Waals surface area contributed by atoms with Crippen molar-refractivity contribution in [2.45, 2.75) is 20.0 Å². The van der Waals surface area contributed by atoms with Crippen molar-refractivity contribution in [1.82, 2.24) is 33.3 Å². The molecule has 3 aromatic heterocycles. The maximum Gasteiger partial charge on any atom is 0.329 e. The fraction of sp³-hybridized carbons (Fsp3) is 0.409. The first kappa shape index (κ1) is 22.2. The van der Waals surface area contributed by atoms with E-state index in [1.54, 1.807) is 11.4 Å². The Morgan fingerprint density at radius 3 is 2.39 bits per heavy atom. The third-order valence-electron chi connectivity index (χ3n) is 6.46. The van der Waals surface area contributed by atoms with E-state index in [0.29, 0.717) is 27.0 Å². The number of rotatable bonds is 5. The molecule has 0 radical (unpaired) electrons. The minimum absolute atomic E-state index is 0.388. The van der Waals surface area contributed by atoms with Crippen molar-refractivity contribution in [1.29, 1.82) is 0 Å². The van der Waals surface area contributed by atoms with E-state index in [2.05, 4.69) is 24.3 Å². The molecule has 5 rings (SSSR count). The van der Waals surface area contributed by atoms with Gasteiger partial charge in [0.15, 0.2) is 11.2 Å². The van der Waals surface area contributed by atoms with Gasteiger partial charge in [-0.2, -0.15) is 4.98 Å². The molecular formula is C22H25Cl2N7O2. The highest BCUT2D eigenvalue weighted by Crippen LogP contribution is 2.26. The average molecular weight is 490 g/mol. The first-order valence-electron chi connectivity index (χ1n) is 10.9. The number of aryl methyl sites for hydroxylation is 2. The maximum atomic E-state index is 12.4. The number of imidazole rings is 2. The van der Waals surface area contributed by atoms with Crippen LogP contribution in [0.15, 0.2) is 34.0 Å². The largest absolute Gasteiger partial charge is 0.329 e. The summed E-state index contributed by atoms with van der Waals surface area (Å²) in [5, 5.41) is 1.42. The summed E-state index contributed by atoms with van der Waals surface area (Å²) < 4.78 is 5.24. The summed E-state index contributed by atoms with van der Waals surface area (Å²) in [6.07, 6.45) is 1.90. The Morgan fingerprint density at radius 2 is 1.70 bits per heavy atom. The van der Waals surface area contributed by atoms with Crippen LogP contribution < -0.4 is 11.2 Å². The summed E-state index contributed by atoms with van der Waals surface area (Å²) in [6, 6.07) is 5.62. The summed E-state index contributed by atoms with van der Waals surface area (Å²) >= 11 is 12.7. The van der Waals surface area contributed by atoms with E-state index in [1.807, 2.05) is 31.3 Å². The number of aromatic nitrogens is 5. The molecule has 0 spiro atoms. The van der Waals surface area contributed by atoms with Crippen molar-refractivity contribution in [2.24, 2.45) is 7.05 Å². The molecule has 1 aliphatic rings. The van der Waals surface area contributed by atoms with Gasteiger partial charge in [0.05, 0.1) is 0 Å². The number of H-pyrrole nitrogens is 1. The minimum Gasteiger partial charge on any atom is -0.313 e. The van der Waals surface area contributed by atoms with Crippen LogP contribution >= 0.6 is 23.2 Å². The Labute approximate surface area is 199 Å². The minimum atomic E-state index is -0.465. The molecule has 4 aromatic rings. The molecule has 0 saturated carbocycles. The van der Waals surface area contributed by atoms with Crippen LogP contribution in [0.3, 0.4) is 0 Å². The maximum absolute atomic E-state index is 12.4. The molecule has 0 atom stereocenters. The van der Waals surface area contributed by atoms with Crippen LogP contribution in [0.4, 0.5) is 0 Å². The van der Waals surface area contributed by atoms with Gasteiger partial charge in [0, 0.05) is 80.4 Å². The lowest BCUT2D eigenvalue weighted by Gasteiger charge is -2.35. The van der Waals surface area contributed by atoms with Crippen LogP contribution in [0.5, 0.6) is 0 Å². The number of nitrogens with zero attached hydrogens (tertiary/aromatic N) is 6. The van der Waals surface area contributed by atoms with Gasteiger partial charge >= 0.3 is 5.69 Å². The number of hydrogen-bond acceptors (Lipinski definition) is 5. The molecule has 0 aliphatic carbocycles. The van der Waals surface area contributed by atoms with Gasteiger partial charge in [-0.05, 0) is 19.1 Å². The monoisotopic (exact) mass is 489 g/mol. The first-order chi connectivity index (χ1) is 15.8. The Hall–Kier alpha value is -2.59. The van der Waals surface area contributed by atoms with E-state index >= 15 is 0 Å². The lowest BCUT2D eigenvalue weighted by molar-refractivity contribution is 0.124. The number of halogens is 2. The summed E-state index contributed by atoms with van der Waals surface area (Å²) in [5.74, 6) is 0.668. The zero-order chi connectivity index (χ0) is 23.3. The molecule has 0 unspecified atom stereocenters. The highest BCUT2D eigenvalue weighted by Gasteiger charge is 2.21. The molecule has 1 fully saturated rings. The molecule has 174 valence electrons. The zero-order valence-corrected chi connectivity index (χ0v) is 20.0. The van der Waals surface area contributed by atoms with Crippen LogP contribution in [-0.2, 0) is 20.1 Å². The first-order valence-corrected chi connectivity index (χ1v) is 11.6. The van der Waals surface area contributed by atoms with E-state index in [9.17, 15) is 9.59 Å². The highest BCUT2D eigenvalue weighted by atomic mass is 35.5. The predicted octanol–water partition coefficient (Wildman–Crippen LogP) is 2.11. The van der Waals surface area contributed by atoms with E-state index in [1.165, 1.54) is 4.57 Å². The van der Waals surface area contributed by atoms with Crippen molar-refractivity contribution >= 4 is 40.1 Å². The second kappa shape index (κ2) is 8.64. The fourth-order valence-electron chi connectivity index (χ4n) is 4.51.